The van der Waals surface area contributed by atoms with Crippen molar-refractivity contribution in [3.8, 4) is 11.1 Å². The molecule has 0 unspecified atom stereocenters. The topological polar surface area (TPSA) is 82.4 Å². The fraction of sp³-hybridized carbons (Fsp3) is 0.417. The number of benzene rings is 1. The SMILES string of the molecule is Cc1cc(-c2cc(C)c3ncnn3c2)cc2n[nH]c(C3CCN(CC(=O)N(C)C)CC3)c12. The van der Waals surface area contributed by atoms with Crippen molar-refractivity contribution < 1.29 is 4.79 Å². The number of H-pyrrole nitrogens is 1. The number of aromatic amines is 1. The Labute approximate surface area is 187 Å². The zero-order valence-corrected chi connectivity index (χ0v) is 19.1. The lowest BCUT2D eigenvalue weighted by molar-refractivity contribution is -0.130. The van der Waals surface area contributed by atoms with Gasteiger partial charge in [-0.15, -0.1) is 0 Å². The summed E-state index contributed by atoms with van der Waals surface area (Å²) in [5.74, 6) is 0.599. The molecule has 0 bridgehead atoms. The highest BCUT2D eigenvalue weighted by Crippen LogP contribution is 2.35. The van der Waals surface area contributed by atoms with E-state index in [4.69, 9.17) is 0 Å². The van der Waals surface area contributed by atoms with Crippen LogP contribution in [0.2, 0.25) is 0 Å². The van der Waals surface area contributed by atoms with Crippen LogP contribution < -0.4 is 0 Å². The highest BCUT2D eigenvalue weighted by atomic mass is 16.2. The summed E-state index contributed by atoms with van der Waals surface area (Å²) in [4.78, 5) is 20.3. The third-order valence-electron chi connectivity index (χ3n) is 6.63. The summed E-state index contributed by atoms with van der Waals surface area (Å²) in [5, 5.41) is 13.6. The Morgan fingerprint density at radius 2 is 1.88 bits per heavy atom. The highest BCUT2D eigenvalue weighted by molar-refractivity contribution is 5.90. The average molecular weight is 432 g/mol. The van der Waals surface area contributed by atoms with Gasteiger partial charge in [-0.25, -0.2) is 9.50 Å². The summed E-state index contributed by atoms with van der Waals surface area (Å²) >= 11 is 0. The average Bonchev–Trinajstić information content (AvgIpc) is 3.41. The molecule has 0 aliphatic carbocycles. The number of likely N-dealkylation sites (N-methyl/N-ethyl adjacent to an activating group) is 1. The smallest absolute Gasteiger partial charge is 0.236 e. The maximum Gasteiger partial charge on any atom is 0.236 e. The molecule has 166 valence electrons. The zero-order valence-electron chi connectivity index (χ0n) is 19.1. The fourth-order valence-electron chi connectivity index (χ4n) is 4.81. The number of hydrogen-bond donors (Lipinski definition) is 1. The number of likely N-dealkylation sites (tertiary alicyclic amines) is 1. The maximum atomic E-state index is 12.0. The number of nitrogens with one attached hydrogen (secondary N) is 1. The number of pyridine rings is 1. The quantitative estimate of drug-likeness (QED) is 0.537. The first-order valence-electron chi connectivity index (χ1n) is 11.1. The van der Waals surface area contributed by atoms with Gasteiger partial charge in [0.25, 0.3) is 0 Å². The van der Waals surface area contributed by atoms with Crippen molar-refractivity contribution in [2.45, 2.75) is 32.6 Å². The van der Waals surface area contributed by atoms with E-state index >= 15 is 0 Å². The summed E-state index contributed by atoms with van der Waals surface area (Å²) in [6.45, 7) is 6.58. The van der Waals surface area contributed by atoms with Crippen LogP contribution in [0.15, 0.2) is 30.7 Å². The molecule has 1 fully saturated rings. The Bertz CT molecular complexity index is 1290. The minimum Gasteiger partial charge on any atom is -0.348 e. The van der Waals surface area contributed by atoms with Gasteiger partial charge >= 0.3 is 0 Å². The maximum absolute atomic E-state index is 12.0. The Balaban J connectivity index is 1.40. The van der Waals surface area contributed by atoms with Crippen LogP contribution in [-0.2, 0) is 4.79 Å². The van der Waals surface area contributed by atoms with Crippen LogP contribution in [0.5, 0.6) is 0 Å². The predicted molar refractivity (Wildman–Crippen MR) is 125 cm³/mol. The summed E-state index contributed by atoms with van der Waals surface area (Å²) in [6.07, 6.45) is 5.67. The van der Waals surface area contributed by atoms with E-state index in [0.717, 1.165) is 53.8 Å². The second-order valence-corrected chi connectivity index (χ2v) is 9.10. The van der Waals surface area contributed by atoms with E-state index in [2.05, 4.69) is 57.2 Å². The van der Waals surface area contributed by atoms with E-state index in [1.807, 2.05) is 24.8 Å². The van der Waals surface area contributed by atoms with Crippen LogP contribution in [0.1, 0.15) is 35.6 Å². The van der Waals surface area contributed by atoms with Gasteiger partial charge < -0.3 is 4.90 Å². The molecule has 1 aliphatic rings. The lowest BCUT2D eigenvalue weighted by atomic mass is 9.89. The van der Waals surface area contributed by atoms with Crippen molar-refractivity contribution in [3.63, 3.8) is 0 Å². The first kappa shape index (κ1) is 20.6. The minimum atomic E-state index is 0.165. The molecule has 3 aromatic heterocycles. The van der Waals surface area contributed by atoms with Crippen molar-refractivity contribution >= 4 is 22.5 Å². The summed E-state index contributed by atoms with van der Waals surface area (Å²) in [5.41, 5.74) is 7.66. The number of hydrogen-bond acceptors (Lipinski definition) is 5. The predicted octanol–water partition coefficient (Wildman–Crippen LogP) is 3.16. The van der Waals surface area contributed by atoms with Crippen LogP contribution in [-0.4, -0.2) is 74.2 Å². The highest BCUT2D eigenvalue weighted by Gasteiger charge is 2.26. The zero-order chi connectivity index (χ0) is 22.4. The summed E-state index contributed by atoms with van der Waals surface area (Å²) in [6, 6.07) is 6.55. The van der Waals surface area contributed by atoms with E-state index in [0.29, 0.717) is 12.5 Å². The minimum absolute atomic E-state index is 0.165. The van der Waals surface area contributed by atoms with Gasteiger partial charge in [0.2, 0.25) is 5.91 Å². The number of carbonyl (C=O) groups is 1. The molecule has 1 amide bonds. The van der Waals surface area contributed by atoms with Gasteiger partial charge in [-0.3, -0.25) is 14.8 Å². The lowest BCUT2D eigenvalue weighted by Crippen LogP contribution is -2.40. The number of aromatic nitrogens is 5. The van der Waals surface area contributed by atoms with Gasteiger partial charge in [0.1, 0.15) is 6.33 Å². The van der Waals surface area contributed by atoms with Gasteiger partial charge in [-0.1, -0.05) is 6.07 Å². The molecule has 1 N–H and O–H groups in total. The summed E-state index contributed by atoms with van der Waals surface area (Å²) in [7, 11) is 3.63. The Morgan fingerprint density at radius 1 is 1.12 bits per heavy atom. The van der Waals surface area contributed by atoms with E-state index in [1.54, 1.807) is 11.2 Å². The molecule has 1 aromatic carbocycles. The molecule has 8 heteroatoms. The largest absolute Gasteiger partial charge is 0.348 e. The normalized spacial score (nSPS) is 15.6. The van der Waals surface area contributed by atoms with Gasteiger partial charge in [0.15, 0.2) is 5.65 Å². The van der Waals surface area contributed by atoms with Crippen molar-refractivity contribution in [2.75, 3.05) is 33.7 Å². The Hall–Kier alpha value is -3.26. The van der Waals surface area contributed by atoms with E-state index in [-0.39, 0.29) is 5.91 Å². The third-order valence-corrected chi connectivity index (χ3v) is 6.63. The van der Waals surface area contributed by atoms with Gasteiger partial charge in [-0.05, 0) is 68.6 Å². The van der Waals surface area contributed by atoms with Crippen LogP contribution in [0.25, 0.3) is 27.7 Å². The van der Waals surface area contributed by atoms with Gasteiger partial charge in [0.05, 0.1) is 12.1 Å². The Morgan fingerprint density at radius 3 is 2.62 bits per heavy atom. The second kappa shape index (κ2) is 8.02. The Kier molecular flexibility index (Phi) is 5.17. The molecule has 0 atom stereocenters. The number of aryl methyl sites for hydroxylation is 2. The number of nitrogens with zero attached hydrogens (tertiary/aromatic N) is 6. The molecule has 8 nitrogen and oxygen atoms in total. The number of rotatable bonds is 4. The molecular formula is C24H29N7O. The molecule has 1 aliphatic heterocycles. The van der Waals surface area contributed by atoms with Crippen molar-refractivity contribution in [1.29, 1.82) is 0 Å². The van der Waals surface area contributed by atoms with Crippen LogP contribution in [0.3, 0.4) is 0 Å². The third kappa shape index (κ3) is 3.64. The second-order valence-electron chi connectivity index (χ2n) is 9.10. The molecule has 4 heterocycles. The number of amides is 1. The van der Waals surface area contributed by atoms with E-state index in [9.17, 15) is 4.79 Å². The monoisotopic (exact) mass is 431 g/mol. The van der Waals surface area contributed by atoms with Gasteiger partial charge in [-0.2, -0.15) is 10.2 Å². The molecule has 32 heavy (non-hydrogen) atoms. The first-order valence-corrected chi connectivity index (χ1v) is 11.1. The van der Waals surface area contributed by atoms with Crippen molar-refractivity contribution in [2.24, 2.45) is 0 Å². The molecule has 0 saturated carbocycles. The summed E-state index contributed by atoms with van der Waals surface area (Å²) < 4.78 is 1.83. The van der Waals surface area contributed by atoms with E-state index in [1.165, 1.54) is 16.6 Å². The molecule has 0 spiro atoms. The molecular weight excluding hydrogens is 402 g/mol. The number of fused-ring (bicyclic) bond motifs is 2. The molecule has 1 saturated heterocycles. The first-order chi connectivity index (χ1) is 15.4. The number of piperidine rings is 1. The molecule has 0 radical (unpaired) electrons. The lowest BCUT2D eigenvalue weighted by Gasteiger charge is -2.31. The van der Waals surface area contributed by atoms with Crippen LogP contribution in [0, 0.1) is 13.8 Å². The molecule has 4 aromatic rings. The van der Waals surface area contributed by atoms with Crippen LogP contribution >= 0.6 is 0 Å². The van der Waals surface area contributed by atoms with Gasteiger partial charge in [0, 0.05) is 42.9 Å². The van der Waals surface area contributed by atoms with Crippen molar-refractivity contribution in [1.82, 2.24) is 34.6 Å². The molecule has 5 rings (SSSR count). The fourth-order valence-corrected chi connectivity index (χ4v) is 4.81. The number of carbonyl (C=O) groups excluding carboxylic acids is 1. The van der Waals surface area contributed by atoms with Crippen molar-refractivity contribution in [3.05, 3.63) is 47.5 Å². The van der Waals surface area contributed by atoms with Crippen LogP contribution in [0.4, 0.5) is 0 Å². The standard InChI is InChI=1S/C24H29N7O/c1-15-9-18(19-10-16(2)24-25-14-26-31(24)12-19)11-20-22(15)23(28-27-20)17-5-7-30(8-6-17)13-21(32)29(3)4/h9-12,14,17H,5-8,13H2,1-4H3,(H,27,28). The van der Waals surface area contributed by atoms with E-state index < -0.39 is 0 Å².